The average Bonchev–Trinajstić information content (AvgIpc) is 2.91. The van der Waals surface area contributed by atoms with Crippen LogP contribution in [-0.4, -0.2) is 59.4 Å². The van der Waals surface area contributed by atoms with Crippen molar-refractivity contribution in [2.24, 2.45) is 5.73 Å². The topological polar surface area (TPSA) is 105 Å². The van der Waals surface area contributed by atoms with E-state index < -0.39 is 6.04 Å². The van der Waals surface area contributed by atoms with E-state index in [0.29, 0.717) is 31.8 Å². The Labute approximate surface area is 128 Å². The van der Waals surface area contributed by atoms with Crippen LogP contribution >= 0.6 is 11.8 Å². The molecule has 8 heteroatoms. The van der Waals surface area contributed by atoms with Gasteiger partial charge in [0.2, 0.25) is 11.8 Å². The third-order valence-corrected chi connectivity index (χ3v) is 4.67. The van der Waals surface area contributed by atoms with Crippen LogP contribution in [0.25, 0.3) is 0 Å². The summed E-state index contributed by atoms with van der Waals surface area (Å²) in [6, 6.07) is -0.418. The molecule has 21 heavy (non-hydrogen) atoms. The summed E-state index contributed by atoms with van der Waals surface area (Å²) in [5.74, 6) is 0.367. The van der Waals surface area contributed by atoms with E-state index in [1.54, 1.807) is 0 Å². The normalized spacial score (nSPS) is 25.6. The van der Waals surface area contributed by atoms with Crippen molar-refractivity contribution in [3.8, 4) is 0 Å². The van der Waals surface area contributed by atoms with E-state index in [4.69, 9.17) is 5.73 Å². The Hall–Kier alpha value is -1.28. The number of piperidine rings is 1. The van der Waals surface area contributed by atoms with Crippen molar-refractivity contribution in [1.82, 2.24) is 15.5 Å². The Morgan fingerprint density at radius 2 is 2.24 bits per heavy atom. The van der Waals surface area contributed by atoms with Crippen LogP contribution in [0.1, 0.15) is 25.7 Å². The first kappa shape index (κ1) is 16.1. The van der Waals surface area contributed by atoms with Crippen molar-refractivity contribution in [3.63, 3.8) is 0 Å². The van der Waals surface area contributed by atoms with Crippen molar-refractivity contribution in [2.75, 3.05) is 25.4 Å². The average molecular weight is 314 g/mol. The predicted molar refractivity (Wildman–Crippen MR) is 80.8 cm³/mol. The van der Waals surface area contributed by atoms with E-state index in [0.717, 1.165) is 31.0 Å². The van der Waals surface area contributed by atoms with Gasteiger partial charge in [-0.3, -0.25) is 14.4 Å². The number of amides is 3. The number of hydrogen-bond acceptors (Lipinski definition) is 5. The highest BCUT2D eigenvalue weighted by atomic mass is 32.2. The van der Waals surface area contributed by atoms with E-state index >= 15 is 0 Å². The van der Waals surface area contributed by atoms with E-state index in [2.05, 4.69) is 10.6 Å². The number of carbonyl (C=O) groups excluding carboxylic acids is 3. The summed E-state index contributed by atoms with van der Waals surface area (Å²) >= 11 is 1.14. The molecule has 0 aromatic carbocycles. The van der Waals surface area contributed by atoms with Gasteiger partial charge in [0.15, 0.2) is 0 Å². The number of nitrogens with zero attached hydrogens (tertiary/aromatic N) is 1. The second-order valence-corrected chi connectivity index (χ2v) is 6.31. The molecule has 2 fully saturated rings. The number of rotatable bonds is 5. The molecule has 3 amide bonds. The minimum absolute atomic E-state index is 0.00970. The van der Waals surface area contributed by atoms with E-state index in [1.807, 2.05) is 4.90 Å². The van der Waals surface area contributed by atoms with Crippen molar-refractivity contribution in [2.45, 2.75) is 37.8 Å². The molecule has 2 saturated heterocycles. The van der Waals surface area contributed by atoms with Gasteiger partial charge in [-0.1, -0.05) is 11.8 Å². The van der Waals surface area contributed by atoms with Crippen LogP contribution in [0.3, 0.4) is 0 Å². The van der Waals surface area contributed by atoms with Crippen molar-refractivity contribution >= 4 is 28.8 Å². The van der Waals surface area contributed by atoms with Crippen LogP contribution in [0.5, 0.6) is 0 Å². The van der Waals surface area contributed by atoms with Crippen LogP contribution in [0.2, 0.25) is 0 Å². The molecule has 2 aliphatic rings. The highest BCUT2D eigenvalue weighted by molar-refractivity contribution is 8.14. The molecule has 0 radical (unpaired) electrons. The SMILES string of the molecule is NCCC(=O)NCC1CCCCN1C(=O)[C@@H]1CSC(=O)N1. The van der Waals surface area contributed by atoms with Crippen LogP contribution in [-0.2, 0) is 9.59 Å². The molecule has 2 atom stereocenters. The van der Waals surface area contributed by atoms with Gasteiger partial charge in [-0.25, -0.2) is 0 Å². The first-order chi connectivity index (χ1) is 10.1. The fourth-order valence-electron chi connectivity index (χ4n) is 2.67. The van der Waals surface area contributed by atoms with Gasteiger partial charge < -0.3 is 21.3 Å². The summed E-state index contributed by atoms with van der Waals surface area (Å²) < 4.78 is 0. The zero-order chi connectivity index (χ0) is 15.2. The summed E-state index contributed by atoms with van der Waals surface area (Å²) in [6.07, 6.45) is 3.19. The lowest BCUT2D eigenvalue weighted by molar-refractivity contribution is -0.136. The number of nitrogens with one attached hydrogen (secondary N) is 2. The second kappa shape index (κ2) is 7.65. The molecule has 4 N–H and O–H groups in total. The molecule has 0 saturated carbocycles. The first-order valence-corrected chi connectivity index (χ1v) is 8.31. The molecule has 0 aromatic heterocycles. The van der Waals surface area contributed by atoms with Gasteiger partial charge in [0.05, 0.1) is 0 Å². The quantitative estimate of drug-likeness (QED) is 0.644. The maximum absolute atomic E-state index is 12.5. The summed E-state index contributed by atoms with van der Waals surface area (Å²) in [5, 5.41) is 5.38. The van der Waals surface area contributed by atoms with Gasteiger partial charge in [0, 0.05) is 37.8 Å². The standard InChI is InChI=1S/C13H22N4O3S/c14-5-4-11(18)15-7-9-3-1-2-6-17(9)12(19)10-8-21-13(20)16-10/h9-10H,1-8,14H2,(H,15,18)(H,16,20)/t9?,10-/m0/s1. The van der Waals surface area contributed by atoms with Gasteiger partial charge in [0.25, 0.3) is 5.24 Å². The molecular formula is C13H22N4O3S. The minimum atomic E-state index is -0.428. The van der Waals surface area contributed by atoms with Crippen LogP contribution in [0, 0.1) is 0 Å². The molecule has 7 nitrogen and oxygen atoms in total. The van der Waals surface area contributed by atoms with E-state index in [1.165, 1.54) is 0 Å². The van der Waals surface area contributed by atoms with Crippen LogP contribution < -0.4 is 16.4 Å². The van der Waals surface area contributed by atoms with Gasteiger partial charge in [-0.2, -0.15) is 0 Å². The third-order valence-electron chi connectivity index (χ3n) is 3.79. The lowest BCUT2D eigenvalue weighted by Gasteiger charge is -2.37. The van der Waals surface area contributed by atoms with Gasteiger partial charge in [0.1, 0.15) is 6.04 Å². The largest absolute Gasteiger partial charge is 0.354 e. The Bertz CT molecular complexity index is 418. The first-order valence-electron chi connectivity index (χ1n) is 7.32. The highest BCUT2D eigenvalue weighted by Gasteiger charge is 2.35. The van der Waals surface area contributed by atoms with Gasteiger partial charge >= 0.3 is 0 Å². The highest BCUT2D eigenvalue weighted by Crippen LogP contribution is 2.21. The third kappa shape index (κ3) is 4.34. The summed E-state index contributed by atoms with van der Waals surface area (Å²) in [4.78, 5) is 37.0. The fraction of sp³-hybridized carbons (Fsp3) is 0.769. The minimum Gasteiger partial charge on any atom is -0.354 e. The number of thioether (sulfide) groups is 1. The van der Waals surface area contributed by atoms with E-state index in [-0.39, 0.29) is 23.1 Å². The Morgan fingerprint density at radius 1 is 1.43 bits per heavy atom. The van der Waals surface area contributed by atoms with Crippen molar-refractivity contribution in [1.29, 1.82) is 0 Å². The van der Waals surface area contributed by atoms with Gasteiger partial charge in [-0.15, -0.1) is 0 Å². The number of hydrogen-bond donors (Lipinski definition) is 3. The molecule has 1 unspecified atom stereocenters. The van der Waals surface area contributed by atoms with Crippen molar-refractivity contribution < 1.29 is 14.4 Å². The summed E-state index contributed by atoms with van der Waals surface area (Å²) in [7, 11) is 0. The Morgan fingerprint density at radius 3 is 2.90 bits per heavy atom. The number of likely N-dealkylation sites (tertiary alicyclic amines) is 1. The zero-order valence-electron chi connectivity index (χ0n) is 12.0. The smallest absolute Gasteiger partial charge is 0.279 e. The zero-order valence-corrected chi connectivity index (χ0v) is 12.8. The maximum atomic E-state index is 12.5. The summed E-state index contributed by atoms with van der Waals surface area (Å²) in [5.41, 5.74) is 5.34. The fourth-order valence-corrected chi connectivity index (χ4v) is 3.44. The number of carbonyl (C=O) groups is 3. The van der Waals surface area contributed by atoms with E-state index in [9.17, 15) is 14.4 Å². The summed E-state index contributed by atoms with van der Waals surface area (Å²) in [6.45, 7) is 1.47. The van der Waals surface area contributed by atoms with Crippen LogP contribution in [0.15, 0.2) is 0 Å². The lowest BCUT2D eigenvalue weighted by Crippen LogP contribution is -2.54. The molecule has 2 rings (SSSR count). The predicted octanol–water partition coefficient (Wildman–Crippen LogP) is -0.342. The maximum Gasteiger partial charge on any atom is 0.279 e. The Kier molecular flexibility index (Phi) is 5.86. The molecule has 2 aliphatic heterocycles. The van der Waals surface area contributed by atoms with Gasteiger partial charge in [-0.05, 0) is 19.3 Å². The molecule has 118 valence electrons. The van der Waals surface area contributed by atoms with Crippen LogP contribution in [0.4, 0.5) is 4.79 Å². The molecular weight excluding hydrogens is 292 g/mol. The lowest BCUT2D eigenvalue weighted by atomic mass is 10.0. The Balaban J connectivity index is 1.90. The second-order valence-electron chi connectivity index (χ2n) is 5.32. The monoisotopic (exact) mass is 314 g/mol. The molecule has 2 heterocycles. The van der Waals surface area contributed by atoms with Crippen molar-refractivity contribution in [3.05, 3.63) is 0 Å². The molecule has 0 bridgehead atoms. The number of nitrogens with two attached hydrogens (primary N) is 1. The molecule has 0 aliphatic carbocycles. The molecule has 0 aromatic rings. The molecule has 0 spiro atoms.